The lowest BCUT2D eigenvalue weighted by molar-refractivity contribution is -0.125. The van der Waals surface area contributed by atoms with Crippen molar-refractivity contribution in [3.8, 4) is 0 Å². The topological polar surface area (TPSA) is 79.6 Å². The zero-order valence-corrected chi connectivity index (χ0v) is 14.9. The molecule has 1 atom stereocenters. The Hall–Kier alpha value is -1.96. The first-order chi connectivity index (χ1) is 11.6. The third-order valence-corrected chi connectivity index (χ3v) is 5.23. The molecule has 24 heavy (non-hydrogen) atoms. The molecule has 0 saturated carbocycles. The van der Waals surface area contributed by atoms with Gasteiger partial charge in [-0.05, 0) is 25.7 Å². The van der Waals surface area contributed by atoms with Gasteiger partial charge in [-0.15, -0.1) is 5.10 Å². The fourth-order valence-electron chi connectivity index (χ4n) is 2.91. The normalized spacial score (nSPS) is 18.1. The minimum absolute atomic E-state index is 0.0202. The average Bonchev–Trinajstić information content (AvgIpc) is 3.04. The minimum Gasteiger partial charge on any atom is -0.356 e. The summed E-state index contributed by atoms with van der Waals surface area (Å²) in [4.78, 5) is 31.5. The largest absolute Gasteiger partial charge is 0.356 e. The number of nitrogens with one attached hydrogen (secondary N) is 1. The summed E-state index contributed by atoms with van der Waals surface area (Å²) in [6, 6.07) is 1.54. The van der Waals surface area contributed by atoms with E-state index >= 15 is 0 Å². The molecule has 130 valence electrons. The van der Waals surface area contributed by atoms with Crippen LogP contribution < -0.4 is 15.8 Å². The monoisotopic (exact) mass is 349 g/mol. The van der Waals surface area contributed by atoms with Crippen LogP contribution in [0.5, 0.6) is 0 Å². The third kappa shape index (κ3) is 3.43. The fraction of sp³-hybridized carbons (Fsp3) is 0.625. The van der Waals surface area contributed by atoms with Crippen LogP contribution in [-0.2, 0) is 11.2 Å². The van der Waals surface area contributed by atoms with Crippen LogP contribution in [0.2, 0.25) is 0 Å². The van der Waals surface area contributed by atoms with E-state index < -0.39 is 0 Å². The molecule has 7 nitrogen and oxygen atoms in total. The van der Waals surface area contributed by atoms with Crippen LogP contribution in [0.25, 0.3) is 4.96 Å². The maximum Gasteiger partial charge on any atom is 0.275 e. The van der Waals surface area contributed by atoms with Crippen molar-refractivity contribution < 1.29 is 4.79 Å². The molecule has 1 aliphatic rings. The zero-order chi connectivity index (χ0) is 17.1. The highest BCUT2D eigenvalue weighted by molar-refractivity contribution is 7.20. The number of hydrogen-bond donors (Lipinski definition) is 1. The van der Waals surface area contributed by atoms with Crippen LogP contribution >= 0.6 is 11.3 Å². The van der Waals surface area contributed by atoms with Gasteiger partial charge in [-0.25, -0.2) is 4.98 Å². The first kappa shape index (κ1) is 16.9. The number of hydrogen-bond acceptors (Lipinski definition) is 6. The molecule has 8 heteroatoms. The number of carbonyl (C=O) groups is 1. The Balaban J connectivity index is 1.80. The smallest absolute Gasteiger partial charge is 0.275 e. The summed E-state index contributed by atoms with van der Waals surface area (Å²) < 4.78 is 1.36. The molecular formula is C16H23N5O2S. The second-order valence-electron chi connectivity index (χ2n) is 6.09. The Bertz CT molecular complexity index is 784. The molecule has 3 heterocycles. The van der Waals surface area contributed by atoms with E-state index in [2.05, 4.69) is 20.3 Å². The first-order valence-electron chi connectivity index (χ1n) is 8.54. The Morgan fingerprint density at radius 1 is 1.46 bits per heavy atom. The predicted molar refractivity (Wildman–Crippen MR) is 94.7 cm³/mol. The standard InChI is InChI=1S/C16H23N5O2S/c1-3-7-17-14(23)11-6-5-8-20(10-11)16-19-21-13(22)9-12(4-2)18-15(21)24-16/h9,11H,3-8,10H2,1-2H3,(H,17,23). The van der Waals surface area contributed by atoms with E-state index in [4.69, 9.17) is 0 Å². The summed E-state index contributed by atoms with van der Waals surface area (Å²) in [7, 11) is 0. The summed E-state index contributed by atoms with van der Waals surface area (Å²) in [5.41, 5.74) is 0.638. The maximum absolute atomic E-state index is 12.2. The lowest BCUT2D eigenvalue weighted by atomic mass is 9.97. The molecule has 1 aliphatic heterocycles. The molecule has 0 radical (unpaired) electrons. The Morgan fingerprint density at radius 3 is 3.04 bits per heavy atom. The molecule has 2 aromatic heterocycles. The number of rotatable bonds is 5. The number of amides is 1. The van der Waals surface area contributed by atoms with Gasteiger partial charge in [-0.1, -0.05) is 25.2 Å². The number of aryl methyl sites for hydroxylation is 1. The molecule has 2 aromatic rings. The van der Waals surface area contributed by atoms with Gasteiger partial charge in [-0.2, -0.15) is 4.52 Å². The molecule has 0 bridgehead atoms. The molecule has 1 fully saturated rings. The van der Waals surface area contributed by atoms with Crippen molar-refractivity contribution in [2.24, 2.45) is 5.92 Å². The second kappa shape index (κ2) is 7.29. The molecule has 1 N–H and O–H groups in total. The van der Waals surface area contributed by atoms with Crippen LogP contribution in [0, 0.1) is 5.92 Å². The van der Waals surface area contributed by atoms with Gasteiger partial charge in [0.15, 0.2) is 0 Å². The lowest BCUT2D eigenvalue weighted by Crippen LogP contribution is -2.43. The van der Waals surface area contributed by atoms with E-state index in [1.807, 2.05) is 13.8 Å². The van der Waals surface area contributed by atoms with E-state index in [-0.39, 0.29) is 17.4 Å². The Kier molecular flexibility index (Phi) is 5.13. The molecule has 0 aliphatic carbocycles. The van der Waals surface area contributed by atoms with Crippen LogP contribution in [0.3, 0.4) is 0 Å². The molecule has 3 rings (SSSR count). The van der Waals surface area contributed by atoms with Crippen molar-refractivity contribution >= 4 is 27.3 Å². The summed E-state index contributed by atoms with van der Waals surface area (Å²) in [6.45, 7) is 6.24. The molecule has 0 aromatic carbocycles. The van der Waals surface area contributed by atoms with Crippen LogP contribution in [0.4, 0.5) is 5.13 Å². The fourth-order valence-corrected chi connectivity index (χ4v) is 3.87. The first-order valence-corrected chi connectivity index (χ1v) is 9.36. The van der Waals surface area contributed by atoms with Gasteiger partial charge in [0.25, 0.3) is 5.56 Å². The second-order valence-corrected chi connectivity index (χ2v) is 7.03. The van der Waals surface area contributed by atoms with Gasteiger partial charge in [0, 0.05) is 31.4 Å². The van der Waals surface area contributed by atoms with Gasteiger partial charge >= 0.3 is 0 Å². The van der Waals surface area contributed by atoms with Crippen LogP contribution in [-0.4, -0.2) is 40.1 Å². The number of fused-ring (bicyclic) bond motifs is 1. The quantitative estimate of drug-likeness (QED) is 0.884. The SMILES string of the molecule is CCCNC(=O)C1CCCN(c2nn3c(=O)cc(CC)nc3s2)C1. The van der Waals surface area contributed by atoms with Gasteiger partial charge in [-0.3, -0.25) is 9.59 Å². The predicted octanol–water partition coefficient (Wildman–Crippen LogP) is 1.46. The maximum atomic E-state index is 12.2. The number of nitrogens with zero attached hydrogens (tertiary/aromatic N) is 4. The summed E-state index contributed by atoms with van der Waals surface area (Å²) in [5, 5.41) is 8.16. The molecule has 1 saturated heterocycles. The Morgan fingerprint density at radius 2 is 2.29 bits per heavy atom. The van der Waals surface area contributed by atoms with E-state index in [1.165, 1.54) is 21.9 Å². The van der Waals surface area contributed by atoms with E-state index in [9.17, 15) is 9.59 Å². The summed E-state index contributed by atoms with van der Waals surface area (Å²) >= 11 is 1.41. The third-order valence-electron chi connectivity index (χ3n) is 4.26. The number of anilines is 1. The Labute approximate surface area is 144 Å². The van der Waals surface area contributed by atoms with Gasteiger partial charge in [0.05, 0.1) is 5.92 Å². The minimum atomic E-state index is -0.145. The molecule has 0 spiro atoms. The van der Waals surface area contributed by atoms with Crippen molar-refractivity contribution in [2.75, 3.05) is 24.5 Å². The van der Waals surface area contributed by atoms with Crippen molar-refractivity contribution in [3.05, 3.63) is 22.1 Å². The molecular weight excluding hydrogens is 326 g/mol. The van der Waals surface area contributed by atoms with Crippen LogP contribution in [0.15, 0.2) is 10.9 Å². The van der Waals surface area contributed by atoms with Gasteiger partial charge in [0.1, 0.15) is 0 Å². The van der Waals surface area contributed by atoms with Crippen molar-refractivity contribution in [2.45, 2.75) is 39.5 Å². The number of carbonyl (C=O) groups excluding carboxylic acids is 1. The van der Waals surface area contributed by atoms with Crippen molar-refractivity contribution in [1.82, 2.24) is 19.9 Å². The highest BCUT2D eigenvalue weighted by atomic mass is 32.1. The van der Waals surface area contributed by atoms with Crippen LogP contribution in [0.1, 0.15) is 38.8 Å². The van der Waals surface area contributed by atoms with Crippen molar-refractivity contribution in [1.29, 1.82) is 0 Å². The van der Waals surface area contributed by atoms with Gasteiger partial charge in [0.2, 0.25) is 16.0 Å². The summed E-state index contributed by atoms with van der Waals surface area (Å²) in [6.07, 6.45) is 3.51. The zero-order valence-electron chi connectivity index (χ0n) is 14.1. The number of piperidine rings is 1. The highest BCUT2D eigenvalue weighted by Crippen LogP contribution is 2.27. The molecule has 1 unspecified atom stereocenters. The molecule has 1 amide bonds. The number of aromatic nitrogens is 3. The van der Waals surface area contributed by atoms with E-state index in [0.717, 1.165) is 49.6 Å². The van der Waals surface area contributed by atoms with E-state index in [0.29, 0.717) is 11.5 Å². The average molecular weight is 349 g/mol. The van der Waals surface area contributed by atoms with Crippen molar-refractivity contribution in [3.63, 3.8) is 0 Å². The van der Waals surface area contributed by atoms with E-state index in [1.54, 1.807) is 0 Å². The highest BCUT2D eigenvalue weighted by Gasteiger charge is 2.27. The lowest BCUT2D eigenvalue weighted by Gasteiger charge is -2.31. The van der Waals surface area contributed by atoms with Gasteiger partial charge < -0.3 is 10.2 Å². The summed E-state index contributed by atoms with van der Waals surface area (Å²) in [5.74, 6) is 0.0967.